The molecule has 0 saturated carbocycles. The van der Waals surface area contributed by atoms with Gasteiger partial charge < -0.3 is 20.6 Å². The van der Waals surface area contributed by atoms with Crippen LogP contribution in [-0.4, -0.2) is 61.2 Å². The summed E-state index contributed by atoms with van der Waals surface area (Å²) >= 11 is 0. The predicted octanol–water partition coefficient (Wildman–Crippen LogP) is -0.523. The molecule has 0 aromatic carbocycles. The first kappa shape index (κ1) is 15.9. The van der Waals surface area contributed by atoms with Crippen molar-refractivity contribution in [3.05, 3.63) is 0 Å². The highest BCUT2D eigenvalue weighted by atomic mass is 16.3. The van der Waals surface area contributed by atoms with E-state index in [1.54, 1.807) is 0 Å². The lowest BCUT2D eigenvalue weighted by Gasteiger charge is -2.27. The molecule has 1 rings (SSSR count). The third kappa shape index (κ3) is 7.12. The van der Waals surface area contributed by atoms with Crippen LogP contribution in [0.5, 0.6) is 0 Å². The normalized spacial score (nSPS) is 15.3. The molecule has 0 radical (unpaired) electrons. The van der Waals surface area contributed by atoms with Crippen molar-refractivity contribution in [3.8, 4) is 0 Å². The zero-order valence-electron chi connectivity index (χ0n) is 11.5. The summed E-state index contributed by atoms with van der Waals surface area (Å²) in [6.07, 6.45) is 3.12. The zero-order valence-corrected chi connectivity index (χ0v) is 11.5. The smallest absolute Gasteiger partial charge is 0.223 e. The number of aliphatic hydroxyl groups excluding tert-OH is 1. The molecule has 1 aliphatic heterocycles. The van der Waals surface area contributed by atoms with Crippen molar-refractivity contribution < 1.29 is 14.7 Å². The van der Waals surface area contributed by atoms with Crippen LogP contribution in [0.3, 0.4) is 0 Å². The summed E-state index contributed by atoms with van der Waals surface area (Å²) in [4.78, 5) is 25.1. The molecule has 1 heterocycles. The Hall–Kier alpha value is -1.14. The number of hydrogen-bond donors (Lipinski definition) is 3. The maximum absolute atomic E-state index is 11.8. The third-order valence-corrected chi connectivity index (χ3v) is 3.19. The molecule has 0 aromatic heterocycles. The minimum absolute atomic E-state index is 0.0625. The number of nitrogens with one attached hydrogen (secondary N) is 2. The lowest BCUT2D eigenvalue weighted by atomic mass is 10.2. The second-order valence-corrected chi connectivity index (χ2v) is 4.77. The van der Waals surface area contributed by atoms with E-state index in [1.807, 2.05) is 4.90 Å². The highest BCUT2D eigenvalue weighted by molar-refractivity contribution is 5.83. The van der Waals surface area contributed by atoms with Gasteiger partial charge in [-0.25, -0.2) is 0 Å². The summed E-state index contributed by atoms with van der Waals surface area (Å²) in [5, 5.41) is 14.6. The van der Waals surface area contributed by atoms with Gasteiger partial charge in [0.05, 0.1) is 0 Å². The Morgan fingerprint density at radius 3 is 2.53 bits per heavy atom. The van der Waals surface area contributed by atoms with Crippen LogP contribution < -0.4 is 10.6 Å². The van der Waals surface area contributed by atoms with Crippen LogP contribution in [0.25, 0.3) is 0 Å². The molecule has 6 heteroatoms. The summed E-state index contributed by atoms with van der Waals surface area (Å²) in [5.74, 6) is 0.00409. The molecule has 0 unspecified atom stereocenters. The monoisotopic (exact) mass is 271 g/mol. The van der Waals surface area contributed by atoms with E-state index in [9.17, 15) is 9.59 Å². The standard InChI is InChI=1S/C13H25N3O3/c17-11-3-1-2-6-15-12(18)4-5-13(19)16-9-7-14-8-10-16/h14,17H,1-11H2,(H,15,18). The quantitative estimate of drug-likeness (QED) is 0.519. The number of unbranched alkanes of at least 4 members (excludes halogenated alkanes) is 2. The average Bonchev–Trinajstić information content (AvgIpc) is 2.45. The fourth-order valence-electron chi connectivity index (χ4n) is 2.02. The number of hydrogen-bond acceptors (Lipinski definition) is 4. The van der Waals surface area contributed by atoms with Gasteiger partial charge in [0, 0.05) is 52.2 Å². The number of amides is 2. The first-order valence-corrected chi connectivity index (χ1v) is 7.10. The summed E-state index contributed by atoms with van der Waals surface area (Å²) in [5.41, 5.74) is 0. The van der Waals surface area contributed by atoms with Gasteiger partial charge in [0.1, 0.15) is 0 Å². The maximum atomic E-state index is 11.8. The largest absolute Gasteiger partial charge is 0.396 e. The lowest BCUT2D eigenvalue weighted by Crippen LogP contribution is -2.46. The van der Waals surface area contributed by atoms with Gasteiger partial charge >= 0.3 is 0 Å². The predicted molar refractivity (Wildman–Crippen MR) is 72.6 cm³/mol. The Labute approximate surface area is 114 Å². The van der Waals surface area contributed by atoms with Crippen LogP contribution in [0.1, 0.15) is 32.1 Å². The van der Waals surface area contributed by atoms with E-state index < -0.39 is 0 Å². The van der Waals surface area contributed by atoms with Crippen molar-refractivity contribution in [1.82, 2.24) is 15.5 Å². The van der Waals surface area contributed by atoms with E-state index in [0.29, 0.717) is 13.0 Å². The third-order valence-electron chi connectivity index (χ3n) is 3.19. The van der Waals surface area contributed by atoms with Gasteiger partial charge in [-0.1, -0.05) is 0 Å². The molecule has 6 nitrogen and oxygen atoms in total. The van der Waals surface area contributed by atoms with Crippen molar-refractivity contribution in [2.45, 2.75) is 32.1 Å². The topological polar surface area (TPSA) is 81.7 Å². The van der Waals surface area contributed by atoms with Gasteiger partial charge in [0.25, 0.3) is 0 Å². The van der Waals surface area contributed by atoms with E-state index in [0.717, 1.165) is 45.4 Å². The molecule has 2 amide bonds. The van der Waals surface area contributed by atoms with Gasteiger partial charge in [-0.2, -0.15) is 0 Å². The Balaban J connectivity index is 2.03. The van der Waals surface area contributed by atoms with Crippen LogP contribution in [-0.2, 0) is 9.59 Å². The van der Waals surface area contributed by atoms with Crippen LogP contribution >= 0.6 is 0 Å². The SMILES string of the molecule is O=C(CCC(=O)N1CCNCC1)NCCCCCO. The van der Waals surface area contributed by atoms with Gasteiger partial charge in [0.15, 0.2) is 0 Å². The molecule has 1 aliphatic rings. The van der Waals surface area contributed by atoms with Crippen LogP contribution in [0, 0.1) is 0 Å². The molecule has 1 fully saturated rings. The molecule has 0 atom stereocenters. The number of aliphatic hydroxyl groups is 1. The summed E-state index contributed by atoms with van der Waals surface area (Å²) < 4.78 is 0. The molecule has 0 bridgehead atoms. The number of nitrogens with zero attached hydrogens (tertiary/aromatic N) is 1. The lowest BCUT2D eigenvalue weighted by molar-refractivity contribution is -0.134. The van der Waals surface area contributed by atoms with E-state index in [4.69, 9.17) is 5.11 Å². The van der Waals surface area contributed by atoms with Crippen molar-refractivity contribution in [3.63, 3.8) is 0 Å². The van der Waals surface area contributed by atoms with E-state index in [-0.39, 0.29) is 24.8 Å². The fraction of sp³-hybridized carbons (Fsp3) is 0.846. The van der Waals surface area contributed by atoms with E-state index in [1.165, 1.54) is 0 Å². The molecule has 110 valence electrons. The zero-order chi connectivity index (χ0) is 13.9. The van der Waals surface area contributed by atoms with Gasteiger partial charge in [0.2, 0.25) is 11.8 Å². The Morgan fingerprint density at radius 2 is 1.84 bits per heavy atom. The molecule has 1 saturated heterocycles. The molecular formula is C13H25N3O3. The number of rotatable bonds is 8. The number of piperazine rings is 1. The number of carbonyl (C=O) groups is 2. The summed E-state index contributed by atoms with van der Waals surface area (Å²) in [7, 11) is 0. The minimum Gasteiger partial charge on any atom is -0.396 e. The van der Waals surface area contributed by atoms with E-state index in [2.05, 4.69) is 10.6 Å². The van der Waals surface area contributed by atoms with Gasteiger partial charge in [-0.05, 0) is 19.3 Å². The van der Waals surface area contributed by atoms with Crippen molar-refractivity contribution in [2.24, 2.45) is 0 Å². The fourth-order valence-corrected chi connectivity index (χ4v) is 2.02. The van der Waals surface area contributed by atoms with Crippen molar-refractivity contribution >= 4 is 11.8 Å². The minimum atomic E-state index is -0.0625. The molecule has 0 spiro atoms. The summed E-state index contributed by atoms with van der Waals surface area (Å²) in [6.45, 7) is 3.97. The molecule has 3 N–H and O–H groups in total. The Kier molecular flexibility index (Phi) is 8.16. The second-order valence-electron chi connectivity index (χ2n) is 4.77. The van der Waals surface area contributed by atoms with Crippen LogP contribution in [0.15, 0.2) is 0 Å². The highest BCUT2D eigenvalue weighted by Gasteiger charge is 2.16. The van der Waals surface area contributed by atoms with Gasteiger partial charge in [-0.3, -0.25) is 9.59 Å². The number of carbonyl (C=O) groups excluding carboxylic acids is 2. The van der Waals surface area contributed by atoms with Crippen molar-refractivity contribution in [2.75, 3.05) is 39.3 Å². The highest BCUT2D eigenvalue weighted by Crippen LogP contribution is 2.00. The van der Waals surface area contributed by atoms with Crippen LogP contribution in [0.4, 0.5) is 0 Å². The Bertz CT molecular complexity index is 278. The molecule has 0 aliphatic carbocycles. The average molecular weight is 271 g/mol. The first-order valence-electron chi connectivity index (χ1n) is 7.10. The Morgan fingerprint density at radius 1 is 1.11 bits per heavy atom. The molecule has 19 heavy (non-hydrogen) atoms. The molecule has 0 aromatic rings. The summed E-state index contributed by atoms with van der Waals surface area (Å²) in [6, 6.07) is 0. The van der Waals surface area contributed by atoms with E-state index >= 15 is 0 Å². The van der Waals surface area contributed by atoms with Crippen molar-refractivity contribution in [1.29, 1.82) is 0 Å². The maximum Gasteiger partial charge on any atom is 0.223 e. The molecular weight excluding hydrogens is 246 g/mol. The van der Waals surface area contributed by atoms with Gasteiger partial charge in [-0.15, -0.1) is 0 Å². The first-order chi connectivity index (χ1) is 9.24. The van der Waals surface area contributed by atoms with Crippen LogP contribution in [0.2, 0.25) is 0 Å². The second kappa shape index (κ2) is 9.75.